The molecule has 0 aliphatic carbocycles. The van der Waals surface area contributed by atoms with E-state index in [0.29, 0.717) is 24.5 Å². The van der Waals surface area contributed by atoms with Gasteiger partial charge in [0, 0.05) is 38.5 Å². The van der Waals surface area contributed by atoms with Crippen molar-refractivity contribution in [3.05, 3.63) is 41.4 Å². The molecule has 0 saturated carbocycles. The highest BCUT2D eigenvalue weighted by atomic mass is 16.5. The van der Waals surface area contributed by atoms with E-state index < -0.39 is 0 Å². The van der Waals surface area contributed by atoms with Crippen LogP contribution in [0.25, 0.3) is 0 Å². The van der Waals surface area contributed by atoms with Crippen molar-refractivity contribution in [3.8, 4) is 0 Å². The molecular weight excluding hydrogens is 282 g/mol. The highest BCUT2D eigenvalue weighted by Gasteiger charge is 2.31. The highest BCUT2D eigenvalue weighted by Crippen LogP contribution is 2.27. The fourth-order valence-corrected chi connectivity index (χ4v) is 3.00. The van der Waals surface area contributed by atoms with E-state index in [0.717, 1.165) is 24.5 Å². The van der Waals surface area contributed by atoms with Crippen molar-refractivity contribution in [2.24, 2.45) is 0 Å². The van der Waals surface area contributed by atoms with Gasteiger partial charge in [-0.05, 0) is 19.9 Å². The van der Waals surface area contributed by atoms with Gasteiger partial charge in [0.1, 0.15) is 11.6 Å². The lowest BCUT2D eigenvalue weighted by Gasteiger charge is -2.34. The number of carbonyl (C=O) groups excluding carboxylic acids is 1. The summed E-state index contributed by atoms with van der Waals surface area (Å²) < 4.78 is 12.6. The number of hydrogen-bond acceptors (Lipinski definition) is 4. The molecule has 0 radical (unpaired) electrons. The number of rotatable bonds is 4. The normalized spacial score (nSPS) is 17.6. The lowest BCUT2D eigenvalue weighted by Crippen LogP contribution is -2.41. The van der Waals surface area contributed by atoms with E-state index in [9.17, 15) is 4.79 Å². The third-order valence-electron chi connectivity index (χ3n) is 4.29. The van der Waals surface area contributed by atoms with Crippen LogP contribution in [0.4, 0.5) is 0 Å². The standard InChI is InChI=1S/C16H21N3O3/c1-11-15-17-10-13(4-8-21-3)19(15)7-6-18(11)16(20)14-5-9-22-12(14)2/h5,9-11H,4,6-8H2,1-3H3/t11-/m0/s1. The van der Waals surface area contributed by atoms with Crippen molar-refractivity contribution < 1.29 is 13.9 Å². The average molecular weight is 303 g/mol. The zero-order valence-electron chi connectivity index (χ0n) is 13.2. The van der Waals surface area contributed by atoms with E-state index in [4.69, 9.17) is 9.15 Å². The monoisotopic (exact) mass is 303 g/mol. The van der Waals surface area contributed by atoms with E-state index in [2.05, 4.69) is 9.55 Å². The molecule has 0 spiro atoms. The van der Waals surface area contributed by atoms with Crippen molar-refractivity contribution in [1.29, 1.82) is 0 Å². The Morgan fingerprint density at radius 3 is 3.00 bits per heavy atom. The van der Waals surface area contributed by atoms with Crippen LogP contribution in [0.15, 0.2) is 22.9 Å². The quantitative estimate of drug-likeness (QED) is 0.868. The van der Waals surface area contributed by atoms with Gasteiger partial charge in [-0.1, -0.05) is 0 Å². The second-order valence-electron chi connectivity index (χ2n) is 5.57. The van der Waals surface area contributed by atoms with Crippen LogP contribution in [0.5, 0.6) is 0 Å². The Balaban J connectivity index is 1.83. The molecule has 22 heavy (non-hydrogen) atoms. The predicted octanol–water partition coefficient (Wildman–Crippen LogP) is 2.19. The summed E-state index contributed by atoms with van der Waals surface area (Å²) in [6.45, 7) is 5.95. The Morgan fingerprint density at radius 2 is 2.32 bits per heavy atom. The summed E-state index contributed by atoms with van der Waals surface area (Å²) in [6, 6.07) is 1.68. The van der Waals surface area contributed by atoms with Gasteiger partial charge in [0.25, 0.3) is 5.91 Å². The van der Waals surface area contributed by atoms with Gasteiger partial charge in [-0.15, -0.1) is 0 Å². The Kier molecular flexibility index (Phi) is 4.02. The summed E-state index contributed by atoms with van der Waals surface area (Å²) in [5.41, 5.74) is 1.79. The summed E-state index contributed by atoms with van der Waals surface area (Å²) in [7, 11) is 1.70. The van der Waals surface area contributed by atoms with Gasteiger partial charge in [-0.3, -0.25) is 4.79 Å². The van der Waals surface area contributed by atoms with Gasteiger partial charge < -0.3 is 18.6 Å². The molecule has 1 aliphatic rings. The third-order valence-corrected chi connectivity index (χ3v) is 4.29. The molecule has 118 valence electrons. The minimum atomic E-state index is -0.0492. The van der Waals surface area contributed by atoms with Crippen molar-refractivity contribution in [1.82, 2.24) is 14.5 Å². The molecule has 1 atom stereocenters. The van der Waals surface area contributed by atoms with Crippen LogP contribution in [-0.2, 0) is 17.7 Å². The lowest BCUT2D eigenvalue weighted by molar-refractivity contribution is 0.0634. The highest BCUT2D eigenvalue weighted by molar-refractivity contribution is 5.95. The number of nitrogens with zero attached hydrogens (tertiary/aromatic N) is 3. The van der Waals surface area contributed by atoms with E-state index in [-0.39, 0.29) is 11.9 Å². The van der Waals surface area contributed by atoms with Gasteiger partial charge >= 0.3 is 0 Å². The molecule has 6 heteroatoms. The van der Waals surface area contributed by atoms with Crippen molar-refractivity contribution >= 4 is 5.91 Å². The molecule has 1 aliphatic heterocycles. The lowest BCUT2D eigenvalue weighted by atomic mass is 10.1. The molecule has 3 rings (SSSR count). The van der Waals surface area contributed by atoms with E-state index in [1.54, 1.807) is 19.4 Å². The first-order valence-corrected chi connectivity index (χ1v) is 7.51. The van der Waals surface area contributed by atoms with Gasteiger partial charge in [0.05, 0.1) is 24.5 Å². The molecule has 0 N–H and O–H groups in total. The minimum absolute atomic E-state index is 0.00596. The predicted molar refractivity (Wildman–Crippen MR) is 80.7 cm³/mol. The Bertz CT molecular complexity index is 674. The summed E-state index contributed by atoms with van der Waals surface area (Å²) >= 11 is 0. The number of furan rings is 1. The molecule has 0 saturated heterocycles. The van der Waals surface area contributed by atoms with Crippen LogP contribution >= 0.6 is 0 Å². The van der Waals surface area contributed by atoms with Crippen molar-refractivity contribution in [2.75, 3.05) is 20.3 Å². The molecule has 6 nitrogen and oxygen atoms in total. The number of aromatic nitrogens is 2. The Labute approximate surface area is 129 Å². The molecule has 0 fully saturated rings. The number of aryl methyl sites for hydroxylation is 1. The molecule has 1 amide bonds. The zero-order valence-corrected chi connectivity index (χ0v) is 13.2. The van der Waals surface area contributed by atoms with Gasteiger partial charge in [-0.25, -0.2) is 4.98 Å². The largest absolute Gasteiger partial charge is 0.469 e. The maximum absolute atomic E-state index is 12.7. The van der Waals surface area contributed by atoms with Gasteiger partial charge in [0.2, 0.25) is 0 Å². The number of carbonyl (C=O) groups is 1. The first-order valence-electron chi connectivity index (χ1n) is 7.51. The fourth-order valence-electron chi connectivity index (χ4n) is 3.00. The number of hydrogen-bond donors (Lipinski definition) is 0. The van der Waals surface area contributed by atoms with Crippen LogP contribution in [0, 0.1) is 6.92 Å². The first kappa shape index (κ1) is 14.8. The number of imidazole rings is 1. The molecule has 0 bridgehead atoms. The number of fused-ring (bicyclic) bond motifs is 1. The van der Waals surface area contributed by atoms with Crippen LogP contribution in [0.2, 0.25) is 0 Å². The van der Waals surface area contributed by atoms with Crippen LogP contribution in [-0.4, -0.2) is 40.6 Å². The van der Waals surface area contributed by atoms with Crippen LogP contribution in [0.3, 0.4) is 0 Å². The van der Waals surface area contributed by atoms with Crippen LogP contribution in [0.1, 0.15) is 40.6 Å². The SMILES string of the molecule is COCCc1cnc2n1CCN(C(=O)c1ccoc1C)[C@H]2C. The number of amides is 1. The number of methoxy groups -OCH3 is 1. The van der Waals surface area contributed by atoms with Crippen molar-refractivity contribution in [2.45, 2.75) is 32.9 Å². The number of ether oxygens (including phenoxy) is 1. The summed E-state index contributed by atoms with van der Waals surface area (Å²) in [6.07, 6.45) is 4.29. The van der Waals surface area contributed by atoms with E-state index in [1.807, 2.05) is 24.9 Å². The van der Waals surface area contributed by atoms with Crippen molar-refractivity contribution in [3.63, 3.8) is 0 Å². The molecular formula is C16H21N3O3. The average Bonchev–Trinajstić information content (AvgIpc) is 3.11. The van der Waals surface area contributed by atoms with E-state index >= 15 is 0 Å². The van der Waals surface area contributed by atoms with Gasteiger partial charge in [-0.2, -0.15) is 0 Å². The fraction of sp³-hybridized carbons (Fsp3) is 0.500. The van der Waals surface area contributed by atoms with Gasteiger partial charge in [0.15, 0.2) is 0 Å². The summed E-state index contributed by atoms with van der Waals surface area (Å²) in [5.74, 6) is 1.60. The maximum atomic E-state index is 12.7. The second kappa shape index (κ2) is 5.96. The Hall–Kier alpha value is -2.08. The Morgan fingerprint density at radius 1 is 1.50 bits per heavy atom. The first-order chi connectivity index (χ1) is 10.6. The molecule has 2 aromatic heterocycles. The maximum Gasteiger partial charge on any atom is 0.258 e. The third kappa shape index (κ3) is 2.43. The molecule has 0 aromatic carbocycles. The smallest absolute Gasteiger partial charge is 0.258 e. The van der Waals surface area contributed by atoms with Crippen LogP contribution < -0.4 is 0 Å². The van der Waals surface area contributed by atoms with E-state index in [1.165, 1.54) is 0 Å². The molecule has 3 heterocycles. The molecule has 0 unspecified atom stereocenters. The minimum Gasteiger partial charge on any atom is -0.469 e. The summed E-state index contributed by atoms with van der Waals surface area (Å²) in [4.78, 5) is 19.1. The topological polar surface area (TPSA) is 60.5 Å². The summed E-state index contributed by atoms with van der Waals surface area (Å²) in [5, 5.41) is 0. The molecule has 2 aromatic rings. The zero-order chi connectivity index (χ0) is 15.7. The second-order valence-corrected chi connectivity index (χ2v) is 5.57.